The first-order chi connectivity index (χ1) is 7.65. The molecule has 1 aliphatic heterocycles. The number of nitrogens with one attached hydrogen (secondary N) is 1. The van der Waals surface area contributed by atoms with Gasteiger partial charge in [0, 0.05) is 6.07 Å². The van der Waals surface area contributed by atoms with E-state index in [-0.39, 0.29) is 41.2 Å². The summed E-state index contributed by atoms with van der Waals surface area (Å²) in [5.74, 6) is 0.0554. The molecule has 16 heavy (non-hydrogen) atoms. The molecule has 0 atom stereocenters. The maximum atomic E-state index is 11.8. The zero-order valence-corrected chi connectivity index (χ0v) is 9.30. The second-order valence-corrected chi connectivity index (χ2v) is 3.68. The van der Waals surface area contributed by atoms with E-state index in [1.807, 2.05) is 0 Å². The van der Waals surface area contributed by atoms with Gasteiger partial charge in [-0.15, -0.1) is 0 Å². The Morgan fingerprint density at radius 1 is 1.62 bits per heavy atom. The number of fused-ring (bicyclic) bond motifs is 1. The van der Waals surface area contributed by atoms with Crippen LogP contribution >= 0.6 is 11.6 Å². The van der Waals surface area contributed by atoms with Crippen molar-refractivity contribution in [3.63, 3.8) is 0 Å². The fourth-order valence-corrected chi connectivity index (χ4v) is 1.70. The molecule has 0 amide bonds. The van der Waals surface area contributed by atoms with Gasteiger partial charge in [0.2, 0.25) is 6.79 Å². The number of ketones is 1. The third kappa shape index (κ3) is 1.68. The van der Waals surface area contributed by atoms with Gasteiger partial charge in [0.1, 0.15) is 11.3 Å². The van der Waals surface area contributed by atoms with E-state index in [1.165, 1.54) is 6.07 Å². The summed E-state index contributed by atoms with van der Waals surface area (Å²) >= 11 is 5.78. The van der Waals surface area contributed by atoms with E-state index >= 15 is 0 Å². The van der Waals surface area contributed by atoms with Crippen LogP contribution in [0.15, 0.2) is 6.07 Å². The zero-order chi connectivity index (χ0) is 11.7. The van der Waals surface area contributed by atoms with E-state index < -0.39 is 0 Å². The molecule has 0 radical (unpaired) electrons. The third-order valence-electron chi connectivity index (χ3n) is 2.21. The van der Waals surface area contributed by atoms with Crippen LogP contribution in [0.3, 0.4) is 0 Å². The van der Waals surface area contributed by atoms with Crippen molar-refractivity contribution in [3.8, 4) is 17.2 Å². The molecule has 6 heteroatoms. The van der Waals surface area contributed by atoms with Crippen LogP contribution in [-0.2, 0) is 0 Å². The van der Waals surface area contributed by atoms with Crippen LogP contribution in [0.1, 0.15) is 10.4 Å². The lowest BCUT2D eigenvalue weighted by atomic mass is 10.1. The van der Waals surface area contributed by atoms with Gasteiger partial charge in [0.05, 0.1) is 11.6 Å². The van der Waals surface area contributed by atoms with Crippen molar-refractivity contribution >= 4 is 17.4 Å². The Morgan fingerprint density at radius 3 is 3.06 bits per heavy atom. The first-order valence-corrected chi connectivity index (χ1v) is 5.01. The molecule has 1 aliphatic rings. The number of carbonyl (C=O) groups excluding carboxylic acids is 1. The van der Waals surface area contributed by atoms with Gasteiger partial charge in [-0.1, -0.05) is 11.6 Å². The Labute approximate surface area is 96.9 Å². The minimum absolute atomic E-state index is 0.0228. The van der Waals surface area contributed by atoms with Crippen molar-refractivity contribution in [2.45, 2.75) is 0 Å². The largest absolute Gasteiger partial charge is 0.505 e. The van der Waals surface area contributed by atoms with Crippen LogP contribution < -0.4 is 14.8 Å². The van der Waals surface area contributed by atoms with Crippen molar-refractivity contribution in [2.24, 2.45) is 0 Å². The number of Topliss-reactive ketones (excluding diaryl/α,β-unsaturated/α-hetero) is 1. The molecule has 0 saturated carbocycles. The van der Waals surface area contributed by atoms with Gasteiger partial charge >= 0.3 is 0 Å². The SMILES string of the molecule is CNCC(=O)c1c(O)c(Cl)cc2c1OCO2. The van der Waals surface area contributed by atoms with Gasteiger partial charge in [0.15, 0.2) is 17.3 Å². The van der Waals surface area contributed by atoms with Crippen molar-refractivity contribution in [3.05, 3.63) is 16.7 Å². The number of halogens is 1. The normalized spacial score (nSPS) is 12.9. The van der Waals surface area contributed by atoms with Crippen LogP contribution in [0.25, 0.3) is 0 Å². The van der Waals surface area contributed by atoms with Crippen LogP contribution in [0.5, 0.6) is 17.2 Å². The molecule has 1 aromatic carbocycles. The maximum Gasteiger partial charge on any atom is 0.231 e. The summed E-state index contributed by atoms with van der Waals surface area (Å²) in [6.45, 7) is 0.110. The number of aromatic hydroxyl groups is 1. The molecule has 86 valence electrons. The molecule has 2 N–H and O–H groups in total. The summed E-state index contributed by atoms with van der Waals surface area (Å²) in [5.41, 5.74) is 0.0642. The van der Waals surface area contributed by atoms with E-state index in [0.717, 1.165) is 0 Å². The number of ether oxygens (including phenoxy) is 2. The second-order valence-electron chi connectivity index (χ2n) is 3.27. The Morgan fingerprint density at radius 2 is 2.38 bits per heavy atom. The summed E-state index contributed by atoms with van der Waals surface area (Å²) in [5, 5.41) is 12.5. The Hall–Kier alpha value is -1.46. The van der Waals surface area contributed by atoms with E-state index in [2.05, 4.69) is 5.32 Å². The Balaban J connectivity index is 2.54. The molecule has 1 aromatic rings. The molecule has 0 spiro atoms. The lowest BCUT2D eigenvalue weighted by Crippen LogP contribution is -2.19. The number of hydrogen-bond acceptors (Lipinski definition) is 5. The zero-order valence-electron chi connectivity index (χ0n) is 8.54. The summed E-state index contributed by atoms with van der Waals surface area (Å²) in [6, 6.07) is 1.43. The number of rotatable bonds is 3. The van der Waals surface area contributed by atoms with Crippen molar-refractivity contribution in [2.75, 3.05) is 20.4 Å². The smallest absolute Gasteiger partial charge is 0.231 e. The number of hydrogen-bond donors (Lipinski definition) is 2. The van der Waals surface area contributed by atoms with Crippen molar-refractivity contribution in [1.29, 1.82) is 0 Å². The molecule has 0 saturated heterocycles. The molecule has 5 nitrogen and oxygen atoms in total. The molecule has 2 rings (SSSR count). The fourth-order valence-electron chi connectivity index (χ4n) is 1.51. The van der Waals surface area contributed by atoms with E-state index in [4.69, 9.17) is 21.1 Å². The molecule has 0 aliphatic carbocycles. The number of carbonyl (C=O) groups is 1. The highest BCUT2D eigenvalue weighted by molar-refractivity contribution is 6.33. The number of phenolic OH excluding ortho intramolecular Hbond substituents is 1. The van der Waals surface area contributed by atoms with Crippen molar-refractivity contribution < 1.29 is 19.4 Å². The standard InChI is InChI=1S/C10H10ClNO4/c1-12-3-6(13)8-9(14)5(11)2-7-10(8)16-4-15-7/h2,12,14H,3-4H2,1H3. The predicted octanol–water partition coefficient (Wildman–Crippen LogP) is 1.18. The van der Waals surface area contributed by atoms with Crippen LogP contribution in [-0.4, -0.2) is 31.3 Å². The maximum absolute atomic E-state index is 11.8. The Bertz CT molecular complexity index is 447. The van der Waals surface area contributed by atoms with Gasteiger partial charge < -0.3 is 19.9 Å². The topological polar surface area (TPSA) is 67.8 Å². The first-order valence-electron chi connectivity index (χ1n) is 4.64. The van der Waals surface area contributed by atoms with Crippen LogP contribution in [0.2, 0.25) is 5.02 Å². The van der Waals surface area contributed by atoms with E-state index in [1.54, 1.807) is 7.05 Å². The molecular weight excluding hydrogens is 234 g/mol. The third-order valence-corrected chi connectivity index (χ3v) is 2.49. The predicted molar refractivity (Wildman–Crippen MR) is 57.5 cm³/mol. The highest BCUT2D eigenvalue weighted by Gasteiger charge is 2.27. The molecule has 1 heterocycles. The van der Waals surface area contributed by atoms with Gasteiger partial charge in [-0.3, -0.25) is 4.79 Å². The van der Waals surface area contributed by atoms with Gasteiger partial charge in [-0.05, 0) is 7.05 Å². The van der Waals surface area contributed by atoms with Crippen LogP contribution in [0, 0.1) is 0 Å². The van der Waals surface area contributed by atoms with Gasteiger partial charge in [-0.25, -0.2) is 0 Å². The molecular formula is C10H10ClNO4. The number of phenols is 1. The molecule has 0 unspecified atom stereocenters. The quantitative estimate of drug-likeness (QED) is 0.781. The highest BCUT2D eigenvalue weighted by Crippen LogP contribution is 2.44. The second kappa shape index (κ2) is 4.19. The summed E-state index contributed by atoms with van der Waals surface area (Å²) in [6.07, 6.45) is 0. The average Bonchev–Trinajstić information content (AvgIpc) is 2.67. The van der Waals surface area contributed by atoms with E-state index in [9.17, 15) is 9.90 Å². The summed E-state index contributed by atoms with van der Waals surface area (Å²) < 4.78 is 10.3. The van der Waals surface area contributed by atoms with Crippen molar-refractivity contribution in [1.82, 2.24) is 5.32 Å². The molecule has 0 fully saturated rings. The van der Waals surface area contributed by atoms with Gasteiger partial charge in [-0.2, -0.15) is 0 Å². The van der Waals surface area contributed by atoms with E-state index in [0.29, 0.717) is 5.75 Å². The fraction of sp³-hybridized carbons (Fsp3) is 0.300. The summed E-state index contributed by atoms with van der Waals surface area (Å²) in [7, 11) is 1.64. The highest BCUT2D eigenvalue weighted by atomic mass is 35.5. The minimum Gasteiger partial charge on any atom is -0.505 e. The lowest BCUT2D eigenvalue weighted by Gasteiger charge is -2.08. The monoisotopic (exact) mass is 243 g/mol. The van der Waals surface area contributed by atoms with Crippen LogP contribution in [0.4, 0.5) is 0 Å². The molecule has 0 aromatic heterocycles. The lowest BCUT2D eigenvalue weighted by molar-refractivity contribution is 0.0986. The number of likely N-dealkylation sites (N-methyl/N-ethyl adjacent to an activating group) is 1. The average molecular weight is 244 g/mol. The van der Waals surface area contributed by atoms with Gasteiger partial charge in [0.25, 0.3) is 0 Å². The number of benzene rings is 1. The Kier molecular flexibility index (Phi) is 2.89. The first kappa shape index (κ1) is 11.0. The minimum atomic E-state index is -0.302. The molecule has 0 bridgehead atoms. The summed E-state index contributed by atoms with van der Waals surface area (Å²) in [4.78, 5) is 11.8.